The number of nitrogens with zero attached hydrogens (tertiary/aromatic N) is 5. The Balaban J connectivity index is 1.52. The Kier molecular flexibility index (Phi) is 3.65. The quantitative estimate of drug-likeness (QED) is 0.572. The maximum atomic E-state index is 13.3. The predicted molar refractivity (Wildman–Crippen MR) is 103 cm³/mol. The van der Waals surface area contributed by atoms with Crippen LogP contribution in [0.2, 0.25) is 0 Å². The fourth-order valence-electron chi connectivity index (χ4n) is 3.71. The van der Waals surface area contributed by atoms with Gasteiger partial charge in [0.2, 0.25) is 0 Å². The second kappa shape index (κ2) is 5.98. The van der Waals surface area contributed by atoms with Gasteiger partial charge in [0.1, 0.15) is 5.60 Å². The van der Waals surface area contributed by atoms with Gasteiger partial charge in [-0.25, -0.2) is 4.98 Å². The molecule has 4 aromatic heterocycles. The van der Waals surface area contributed by atoms with Gasteiger partial charge in [-0.05, 0) is 30.5 Å². The van der Waals surface area contributed by atoms with Gasteiger partial charge in [-0.1, -0.05) is 11.2 Å². The molecule has 0 saturated carbocycles. The van der Waals surface area contributed by atoms with E-state index in [0.717, 1.165) is 4.88 Å². The molecule has 1 N–H and O–H groups in total. The molecule has 0 aliphatic carbocycles. The van der Waals surface area contributed by atoms with Gasteiger partial charge >= 0.3 is 0 Å². The fraction of sp³-hybridized carbons (Fsp3) is 0.263. The number of rotatable bonds is 3. The Labute approximate surface area is 164 Å². The van der Waals surface area contributed by atoms with E-state index >= 15 is 0 Å². The first-order valence-corrected chi connectivity index (χ1v) is 9.65. The highest BCUT2D eigenvalue weighted by molar-refractivity contribution is 7.13. The van der Waals surface area contributed by atoms with Crippen LogP contribution in [-0.2, 0) is 12.6 Å². The average Bonchev–Trinajstić information content (AvgIpc) is 3.39. The molecule has 142 valence electrons. The van der Waals surface area contributed by atoms with Gasteiger partial charge in [-0.15, -0.1) is 11.3 Å². The van der Waals surface area contributed by atoms with Crippen molar-refractivity contribution in [1.29, 1.82) is 0 Å². The zero-order valence-electron chi connectivity index (χ0n) is 15.3. The number of pyridine rings is 1. The van der Waals surface area contributed by atoms with Gasteiger partial charge < -0.3 is 14.5 Å². The third kappa shape index (κ3) is 2.47. The van der Waals surface area contributed by atoms with Crippen LogP contribution in [0.1, 0.15) is 21.7 Å². The summed E-state index contributed by atoms with van der Waals surface area (Å²) in [5.41, 5.74) is 1.72. The monoisotopic (exact) mass is 395 g/mol. The lowest BCUT2D eigenvalue weighted by Gasteiger charge is -2.46. The molecular weight excluding hydrogens is 378 g/mol. The van der Waals surface area contributed by atoms with Gasteiger partial charge in [-0.2, -0.15) is 5.10 Å². The molecule has 5 heterocycles. The molecule has 0 unspecified atom stereocenters. The second-order valence-electron chi connectivity index (χ2n) is 7.01. The van der Waals surface area contributed by atoms with Gasteiger partial charge in [0.05, 0.1) is 46.0 Å². The zero-order valence-corrected chi connectivity index (χ0v) is 16.1. The summed E-state index contributed by atoms with van der Waals surface area (Å²) in [7, 11) is 1.78. The third-order valence-electron chi connectivity index (χ3n) is 5.11. The molecule has 8 nitrogen and oxygen atoms in total. The van der Waals surface area contributed by atoms with Crippen LogP contribution in [0.5, 0.6) is 0 Å². The highest BCUT2D eigenvalue weighted by Gasteiger charge is 2.47. The molecular formula is C19H17N5O3S. The van der Waals surface area contributed by atoms with Crippen LogP contribution in [0.15, 0.2) is 40.4 Å². The number of aryl methyl sites for hydroxylation is 2. The summed E-state index contributed by atoms with van der Waals surface area (Å²) in [5, 5.41) is 21.5. The number of β-amino-alcohol motifs (C(OH)–C–C–N with tert-alkyl or cyclic N) is 1. The summed E-state index contributed by atoms with van der Waals surface area (Å²) in [4.78, 5) is 20.3. The van der Waals surface area contributed by atoms with E-state index in [1.807, 2.05) is 17.5 Å². The minimum Gasteiger partial charge on any atom is -0.380 e. The Morgan fingerprint density at radius 1 is 1.36 bits per heavy atom. The van der Waals surface area contributed by atoms with E-state index in [-0.39, 0.29) is 19.0 Å². The number of hydrogen-bond acceptors (Lipinski definition) is 7. The van der Waals surface area contributed by atoms with Gasteiger partial charge in [0.25, 0.3) is 11.6 Å². The Morgan fingerprint density at radius 2 is 2.18 bits per heavy atom. The summed E-state index contributed by atoms with van der Waals surface area (Å²) >= 11 is 1.54. The normalized spacial score (nSPS) is 15.8. The van der Waals surface area contributed by atoms with Crippen molar-refractivity contribution in [3.63, 3.8) is 0 Å². The van der Waals surface area contributed by atoms with Crippen molar-refractivity contribution in [3.05, 3.63) is 52.8 Å². The standard InChI is InChI=1S/C19H17N5O3S/c1-11-16-12(8-13(14-4-3-7-28-14)21-17(16)27-22-11)18(25)24-9-19(26,10-24)15-5-6-20-23(15)2/h3-8,26H,9-10H2,1-2H3. The maximum absolute atomic E-state index is 13.3. The summed E-state index contributed by atoms with van der Waals surface area (Å²) in [6.45, 7) is 2.19. The van der Waals surface area contributed by atoms with Crippen molar-refractivity contribution in [2.75, 3.05) is 13.1 Å². The molecule has 28 heavy (non-hydrogen) atoms. The smallest absolute Gasteiger partial charge is 0.259 e. The van der Waals surface area contributed by atoms with E-state index in [1.54, 1.807) is 53.2 Å². The van der Waals surface area contributed by atoms with Crippen LogP contribution in [0.3, 0.4) is 0 Å². The first kappa shape index (κ1) is 17.1. The van der Waals surface area contributed by atoms with E-state index in [0.29, 0.717) is 33.7 Å². The first-order chi connectivity index (χ1) is 13.5. The van der Waals surface area contributed by atoms with Gasteiger partial charge in [0, 0.05) is 13.2 Å². The van der Waals surface area contributed by atoms with E-state index < -0.39 is 5.60 Å². The highest BCUT2D eigenvalue weighted by Crippen LogP contribution is 2.35. The summed E-state index contributed by atoms with van der Waals surface area (Å²) in [5.74, 6) is -0.177. The topological polar surface area (TPSA) is 97.3 Å². The maximum Gasteiger partial charge on any atom is 0.259 e. The molecule has 1 fully saturated rings. The van der Waals surface area contributed by atoms with Crippen LogP contribution < -0.4 is 0 Å². The van der Waals surface area contributed by atoms with Crippen LogP contribution >= 0.6 is 11.3 Å². The number of likely N-dealkylation sites (tertiary alicyclic amines) is 1. The molecule has 0 aromatic carbocycles. The van der Waals surface area contributed by atoms with Crippen molar-refractivity contribution in [2.24, 2.45) is 7.05 Å². The van der Waals surface area contributed by atoms with Crippen molar-refractivity contribution < 1.29 is 14.4 Å². The molecule has 0 bridgehead atoms. The van der Waals surface area contributed by atoms with Crippen LogP contribution in [0.4, 0.5) is 0 Å². The number of fused-ring (bicyclic) bond motifs is 1. The lowest BCUT2D eigenvalue weighted by Crippen LogP contribution is -2.61. The molecule has 5 rings (SSSR count). The number of thiophene rings is 1. The van der Waals surface area contributed by atoms with Crippen LogP contribution in [0.25, 0.3) is 21.7 Å². The van der Waals surface area contributed by atoms with Gasteiger partial charge in [0.15, 0.2) is 0 Å². The number of carbonyl (C=O) groups is 1. The SMILES string of the molecule is Cc1noc2nc(-c3cccs3)cc(C(=O)N3CC(O)(c4ccnn4C)C3)c12. The molecule has 4 aromatic rings. The lowest BCUT2D eigenvalue weighted by molar-refractivity contribution is -0.0913. The van der Waals surface area contributed by atoms with Crippen LogP contribution in [0, 0.1) is 6.92 Å². The Bertz CT molecular complexity index is 1190. The molecule has 1 saturated heterocycles. The largest absolute Gasteiger partial charge is 0.380 e. The zero-order chi connectivity index (χ0) is 19.5. The Morgan fingerprint density at radius 3 is 2.86 bits per heavy atom. The number of hydrogen-bond donors (Lipinski definition) is 1. The van der Waals surface area contributed by atoms with Crippen LogP contribution in [-0.4, -0.2) is 48.9 Å². The average molecular weight is 395 g/mol. The number of amides is 1. The van der Waals surface area contributed by atoms with Crippen molar-refractivity contribution in [3.8, 4) is 10.6 Å². The van der Waals surface area contributed by atoms with E-state index in [4.69, 9.17) is 4.52 Å². The van der Waals surface area contributed by atoms with E-state index in [1.165, 1.54) is 0 Å². The van der Waals surface area contributed by atoms with E-state index in [2.05, 4.69) is 15.2 Å². The van der Waals surface area contributed by atoms with Gasteiger partial charge in [-0.3, -0.25) is 9.48 Å². The Hall–Kier alpha value is -3.04. The molecule has 0 radical (unpaired) electrons. The summed E-state index contributed by atoms with van der Waals surface area (Å²) < 4.78 is 6.97. The molecule has 1 aliphatic heterocycles. The molecule has 1 amide bonds. The lowest BCUT2D eigenvalue weighted by atomic mass is 9.89. The summed E-state index contributed by atoms with van der Waals surface area (Å²) in [6.07, 6.45) is 1.64. The number of aliphatic hydroxyl groups is 1. The first-order valence-electron chi connectivity index (χ1n) is 8.77. The molecule has 0 spiro atoms. The minimum atomic E-state index is -1.09. The van der Waals surface area contributed by atoms with Crippen molar-refractivity contribution in [2.45, 2.75) is 12.5 Å². The van der Waals surface area contributed by atoms with Crippen molar-refractivity contribution >= 4 is 28.3 Å². The molecule has 9 heteroatoms. The van der Waals surface area contributed by atoms with E-state index in [9.17, 15) is 9.90 Å². The summed E-state index contributed by atoms with van der Waals surface area (Å²) in [6, 6.07) is 7.43. The molecule has 1 aliphatic rings. The minimum absolute atomic E-state index is 0.177. The second-order valence-corrected chi connectivity index (χ2v) is 7.96. The number of carbonyl (C=O) groups excluding carboxylic acids is 1. The third-order valence-corrected chi connectivity index (χ3v) is 6.00. The van der Waals surface area contributed by atoms with Crippen molar-refractivity contribution in [1.82, 2.24) is 24.8 Å². The highest BCUT2D eigenvalue weighted by atomic mass is 32.1. The fourth-order valence-corrected chi connectivity index (χ4v) is 4.39. The predicted octanol–water partition coefficient (Wildman–Crippen LogP) is 2.34. The number of aromatic nitrogens is 4. The molecule has 0 atom stereocenters.